The molecule has 1 aliphatic rings. The number of hydrogen-bond acceptors (Lipinski definition) is 5. The molecule has 2 heterocycles. The largest absolute Gasteiger partial charge is 0.379 e. The van der Waals surface area contributed by atoms with Crippen molar-refractivity contribution in [1.82, 2.24) is 15.2 Å². The van der Waals surface area contributed by atoms with E-state index < -0.39 is 0 Å². The van der Waals surface area contributed by atoms with Crippen LogP contribution in [0.3, 0.4) is 0 Å². The molecule has 3 N–H and O–H groups in total. The highest BCUT2D eigenvalue weighted by Crippen LogP contribution is 2.17. The van der Waals surface area contributed by atoms with Gasteiger partial charge in [0.15, 0.2) is 0 Å². The molecule has 0 radical (unpaired) electrons. The third-order valence-electron chi connectivity index (χ3n) is 3.90. The van der Waals surface area contributed by atoms with Gasteiger partial charge in [-0.2, -0.15) is 10.1 Å². The number of H-pyrrole nitrogens is 1. The van der Waals surface area contributed by atoms with E-state index in [1.807, 2.05) is 24.3 Å². The maximum atomic E-state index is 4.10. The first-order valence-electron chi connectivity index (χ1n) is 7.85. The Kier molecular flexibility index (Phi) is 5.09. The Labute approximate surface area is 129 Å². The molecule has 0 spiro atoms. The first-order chi connectivity index (χ1) is 10.9. The second-order valence-corrected chi connectivity index (χ2v) is 5.54. The van der Waals surface area contributed by atoms with Crippen LogP contribution < -0.4 is 10.2 Å². The zero-order chi connectivity index (χ0) is 15.0. The fourth-order valence-electron chi connectivity index (χ4n) is 2.68. The Hall–Kier alpha value is -2.28. The third-order valence-corrected chi connectivity index (χ3v) is 3.90. The molecular formula is C15H22N7+. The molecule has 1 aliphatic heterocycles. The molecule has 1 saturated heterocycles. The molecule has 1 aromatic heterocycles. The molecule has 0 saturated carbocycles. The maximum absolute atomic E-state index is 4.10. The van der Waals surface area contributed by atoms with Gasteiger partial charge in [0.1, 0.15) is 6.33 Å². The maximum Gasteiger partial charge on any atom is 0.264 e. The Morgan fingerprint density at radius 1 is 1.09 bits per heavy atom. The van der Waals surface area contributed by atoms with E-state index in [1.165, 1.54) is 45.2 Å². The smallest absolute Gasteiger partial charge is 0.264 e. The van der Waals surface area contributed by atoms with E-state index in [0.717, 1.165) is 17.9 Å². The van der Waals surface area contributed by atoms with Crippen LogP contribution in [0.15, 0.2) is 40.8 Å². The monoisotopic (exact) mass is 300 g/mol. The Balaban J connectivity index is 1.44. The van der Waals surface area contributed by atoms with Crippen LogP contribution in [0.1, 0.15) is 19.3 Å². The number of azo groups is 1. The predicted molar refractivity (Wildman–Crippen MR) is 84.9 cm³/mol. The van der Waals surface area contributed by atoms with Crippen molar-refractivity contribution in [2.75, 3.05) is 31.5 Å². The molecule has 22 heavy (non-hydrogen) atoms. The van der Waals surface area contributed by atoms with Gasteiger partial charge in [-0.3, -0.25) is 0 Å². The van der Waals surface area contributed by atoms with Crippen molar-refractivity contribution in [3.8, 4) is 0 Å². The summed E-state index contributed by atoms with van der Waals surface area (Å²) in [6.07, 6.45) is 5.56. The molecule has 7 heteroatoms. The highest BCUT2D eigenvalue weighted by Gasteiger charge is 2.12. The lowest BCUT2D eigenvalue weighted by Crippen LogP contribution is -3.13. The molecule has 116 valence electrons. The van der Waals surface area contributed by atoms with Gasteiger partial charge in [-0.25, -0.2) is 5.10 Å². The summed E-state index contributed by atoms with van der Waals surface area (Å²) in [4.78, 5) is 5.61. The van der Waals surface area contributed by atoms with Crippen LogP contribution in [0, 0.1) is 0 Å². The van der Waals surface area contributed by atoms with Gasteiger partial charge in [-0.1, -0.05) is 0 Å². The van der Waals surface area contributed by atoms with Gasteiger partial charge in [0.25, 0.3) is 5.95 Å². The van der Waals surface area contributed by atoms with Gasteiger partial charge in [-0.05, 0) is 43.5 Å². The van der Waals surface area contributed by atoms with Gasteiger partial charge in [0.05, 0.1) is 31.9 Å². The van der Waals surface area contributed by atoms with Gasteiger partial charge in [-0.15, -0.1) is 10.2 Å². The summed E-state index contributed by atoms with van der Waals surface area (Å²) >= 11 is 0. The number of nitrogens with zero attached hydrogens (tertiary/aromatic N) is 4. The van der Waals surface area contributed by atoms with Gasteiger partial charge < -0.3 is 10.2 Å². The highest BCUT2D eigenvalue weighted by atomic mass is 15.3. The van der Waals surface area contributed by atoms with Crippen LogP contribution in [0.4, 0.5) is 17.3 Å². The van der Waals surface area contributed by atoms with Gasteiger partial charge >= 0.3 is 0 Å². The topological polar surface area (TPSA) is 82.8 Å². The Morgan fingerprint density at radius 3 is 2.64 bits per heavy atom. The molecule has 0 aliphatic carbocycles. The van der Waals surface area contributed by atoms with Crippen molar-refractivity contribution in [2.45, 2.75) is 19.3 Å². The van der Waals surface area contributed by atoms with Crippen molar-refractivity contribution in [1.29, 1.82) is 0 Å². The molecular weight excluding hydrogens is 278 g/mol. The molecule has 0 atom stereocenters. The average Bonchev–Trinajstić information content (AvgIpc) is 3.09. The SMILES string of the molecule is c1n[nH]c(N=Nc2ccc(NCC[NH+]3CCCCC3)cc2)n1. The summed E-state index contributed by atoms with van der Waals surface area (Å²) in [5.41, 5.74) is 1.92. The van der Waals surface area contributed by atoms with E-state index in [4.69, 9.17) is 0 Å². The number of aromatic nitrogens is 3. The number of aromatic amines is 1. The van der Waals surface area contributed by atoms with Crippen molar-refractivity contribution in [3.05, 3.63) is 30.6 Å². The molecule has 7 nitrogen and oxygen atoms in total. The van der Waals surface area contributed by atoms with E-state index in [2.05, 4.69) is 30.7 Å². The number of quaternary nitrogens is 1. The van der Waals surface area contributed by atoms with Crippen molar-refractivity contribution in [2.24, 2.45) is 10.2 Å². The normalized spacial score (nSPS) is 16.2. The molecule has 3 rings (SSSR count). The van der Waals surface area contributed by atoms with Crippen molar-refractivity contribution < 1.29 is 4.90 Å². The molecule has 0 amide bonds. The zero-order valence-electron chi connectivity index (χ0n) is 12.6. The van der Waals surface area contributed by atoms with Crippen molar-refractivity contribution in [3.63, 3.8) is 0 Å². The van der Waals surface area contributed by atoms with Crippen LogP contribution in [-0.4, -0.2) is 41.4 Å². The summed E-state index contributed by atoms with van der Waals surface area (Å²) in [6, 6.07) is 7.94. The first kappa shape index (κ1) is 14.6. The lowest BCUT2D eigenvalue weighted by molar-refractivity contribution is -0.903. The van der Waals surface area contributed by atoms with Crippen LogP contribution in [0.2, 0.25) is 0 Å². The number of piperidine rings is 1. The molecule has 2 aromatic rings. The van der Waals surface area contributed by atoms with E-state index in [-0.39, 0.29) is 0 Å². The Morgan fingerprint density at radius 2 is 1.91 bits per heavy atom. The number of rotatable bonds is 6. The van der Waals surface area contributed by atoms with E-state index in [9.17, 15) is 0 Å². The average molecular weight is 300 g/mol. The van der Waals surface area contributed by atoms with Gasteiger partial charge in [0.2, 0.25) is 0 Å². The van der Waals surface area contributed by atoms with E-state index in [0.29, 0.717) is 5.95 Å². The standard InChI is InChI=1S/C15H21N7/c1-2-9-22(10-3-1)11-8-16-13-4-6-14(7-5-13)19-21-15-17-12-18-20-15/h4-7,12,16H,1-3,8-11H2,(H,17,18,20)/p+1. The summed E-state index contributed by atoms with van der Waals surface area (Å²) in [5.74, 6) is 0.409. The van der Waals surface area contributed by atoms with Crippen LogP contribution in [0.25, 0.3) is 0 Å². The number of anilines is 1. The predicted octanol–water partition coefficient (Wildman–Crippen LogP) is 1.70. The van der Waals surface area contributed by atoms with Crippen molar-refractivity contribution >= 4 is 17.3 Å². The summed E-state index contributed by atoms with van der Waals surface area (Å²) in [7, 11) is 0. The minimum absolute atomic E-state index is 0.409. The second kappa shape index (κ2) is 7.65. The van der Waals surface area contributed by atoms with Crippen LogP contribution >= 0.6 is 0 Å². The second-order valence-electron chi connectivity index (χ2n) is 5.54. The van der Waals surface area contributed by atoms with E-state index >= 15 is 0 Å². The molecule has 0 unspecified atom stereocenters. The fourth-order valence-corrected chi connectivity index (χ4v) is 2.68. The number of likely N-dealkylation sites (tertiary alicyclic amines) is 1. The molecule has 1 fully saturated rings. The quantitative estimate of drug-likeness (QED) is 0.710. The minimum atomic E-state index is 0.409. The lowest BCUT2D eigenvalue weighted by Gasteiger charge is -2.23. The number of benzene rings is 1. The molecule has 0 bridgehead atoms. The third kappa shape index (κ3) is 4.36. The van der Waals surface area contributed by atoms with E-state index in [1.54, 1.807) is 4.90 Å². The summed E-state index contributed by atoms with van der Waals surface area (Å²) < 4.78 is 0. The summed E-state index contributed by atoms with van der Waals surface area (Å²) in [5, 5.41) is 17.9. The van der Waals surface area contributed by atoms with Crippen LogP contribution in [0.5, 0.6) is 0 Å². The lowest BCUT2D eigenvalue weighted by atomic mass is 10.1. The zero-order valence-corrected chi connectivity index (χ0v) is 12.6. The first-order valence-corrected chi connectivity index (χ1v) is 7.85. The highest BCUT2D eigenvalue weighted by molar-refractivity contribution is 5.50. The number of hydrogen-bond donors (Lipinski definition) is 3. The number of nitrogens with one attached hydrogen (secondary N) is 3. The molecule has 1 aromatic carbocycles. The summed E-state index contributed by atoms with van der Waals surface area (Å²) in [6.45, 7) is 4.84. The fraction of sp³-hybridized carbons (Fsp3) is 0.467. The van der Waals surface area contributed by atoms with Gasteiger partial charge in [0, 0.05) is 5.69 Å². The Bertz CT molecular complexity index is 570. The van der Waals surface area contributed by atoms with Crippen LogP contribution in [-0.2, 0) is 0 Å². The minimum Gasteiger partial charge on any atom is -0.379 e.